The third kappa shape index (κ3) is 3.66. The predicted molar refractivity (Wildman–Crippen MR) is 103 cm³/mol. The fourth-order valence-corrected chi connectivity index (χ4v) is 3.03. The van der Waals surface area contributed by atoms with Crippen LogP contribution in [-0.4, -0.2) is 24.9 Å². The Morgan fingerprint density at radius 2 is 1.75 bits per heavy atom. The molecule has 0 saturated carbocycles. The average molecular weight is 382 g/mol. The maximum Gasteiger partial charge on any atom is 0.342 e. The minimum Gasteiger partial charge on any atom is -0.456 e. The van der Waals surface area contributed by atoms with Crippen molar-refractivity contribution in [1.29, 1.82) is 0 Å². The van der Waals surface area contributed by atoms with E-state index in [-0.39, 0.29) is 6.61 Å². The second kappa shape index (κ2) is 7.67. The van der Waals surface area contributed by atoms with E-state index in [0.717, 1.165) is 10.1 Å². The lowest BCUT2D eigenvalue weighted by Crippen LogP contribution is -2.38. The summed E-state index contributed by atoms with van der Waals surface area (Å²) < 4.78 is 9.41. The normalized spacial score (nSPS) is 10.9. The van der Waals surface area contributed by atoms with E-state index in [9.17, 15) is 14.4 Å². The van der Waals surface area contributed by atoms with E-state index in [2.05, 4.69) is 5.10 Å². The molecule has 0 spiro atoms. The molecule has 0 saturated heterocycles. The first-order valence-electron chi connectivity index (χ1n) is 8.80. The summed E-state index contributed by atoms with van der Waals surface area (Å²) >= 11 is 0. The van der Waals surface area contributed by atoms with Crippen LogP contribution in [0.2, 0.25) is 0 Å². The lowest BCUT2D eigenvalue weighted by Gasteiger charge is -2.10. The number of esters is 1. The van der Waals surface area contributed by atoms with Crippen LogP contribution in [0.1, 0.15) is 33.0 Å². The molecular weight excluding hydrogens is 360 g/mol. The number of aromatic nitrogens is 4. The van der Waals surface area contributed by atoms with E-state index in [1.54, 1.807) is 11.6 Å². The van der Waals surface area contributed by atoms with Gasteiger partial charge in [0.2, 0.25) is 0 Å². The summed E-state index contributed by atoms with van der Waals surface area (Å²) in [6, 6.07) is 11.1. The second-order valence-corrected chi connectivity index (χ2v) is 6.64. The van der Waals surface area contributed by atoms with Crippen LogP contribution in [0.25, 0.3) is 0 Å². The van der Waals surface area contributed by atoms with Gasteiger partial charge in [-0.05, 0) is 19.4 Å². The van der Waals surface area contributed by atoms with E-state index in [1.807, 2.05) is 37.3 Å². The van der Waals surface area contributed by atoms with Crippen molar-refractivity contribution in [2.45, 2.75) is 27.0 Å². The van der Waals surface area contributed by atoms with Crippen LogP contribution in [0.3, 0.4) is 0 Å². The minimum absolute atomic E-state index is 0.177. The first-order chi connectivity index (χ1) is 13.3. The number of hydrogen-bond donors (Lipinski definition) is 0. The average Bonchev–Trinajstić information content (AvgIpc) is 2.95. The van der Waals surface area contributed by atoms with Crippen LogP contribution in [0.5, 0.6) is 0 Å². The first-order valence-corrected chi connectivity index (χ1v) is 8.80. The number of rotatable bonds is 5. The molecule has 0 unspecified atom stereocenters. The zero-order valence-corrected chi connectivity index (χ0v) is 16.3. The summed E-state index contributed by atoms with van der Waals surface area (Å²) in [6.45, 7) is 3.93. The molecule has 0 aliphatic carbocycles. The van der Waals surface area contributed by atoms with Gasteiger partial charge in [0, 0.05) is 20.2 Å². The summed E-state index contributed by atoms with van der Waals surface area (Å²) in [5.41, 5.74) is 2.14. The van der Waals surface area contributed by atoms with Crippen LogP contribution in [0, 0.1) is 13.8 Å². The Morgan fingerprint density at radius 3 is 2.43 bits per heavy atom. The van der Waals surface area contributed by atoms with Crippen molar-refractivity contribution in [2.24, 2.45) is 14.1 Å². The Morgan fingerprint density at radius 1 is 1.07 bits per heavy atom. The van der Waals surface area contributed by atoms with Crippen molar-refractivity contribution in [2.75, 3.05) is 0 Å². The van der Waals surface area contributed by atoms with Crippen molar-refractivity contribution in [3.05, 3.63) is 85.4 Å². The van der Waals surface area contributed by atoms with Crippen LogP contribution >= 0.6 is 0 Å². The molecule has 0 atom stereocenters. The Kier molecular flexibility index (Phi) is 5.30. The molecule has 0 bridgehead atoms. The van der Waals surface area contributed by atoms with Crippen LogP contribution < -0.4 is 11.2 Å². The molecule has 0 amide bonds. The van der Waals surface area contributed by atoms with Gasteiger partial charge in [-0.2, -0.15) is 5.10 Å². The van der Waals surface area contributed by atoms with Gasteiger partial charge >= 0.3 is 11.7 Å². The Bertz CT molecular complexity index is 1140. The van der Waals surface area contributed by atoms with Crippen molar-refractivity contribution < 1.29 is 9.53 Å². The van der Waals surface area contributed by atoms with Gasteiger partial charge in [-0.25, -0.2) is 9.59 Å². The Hall–Kier alpha value is -3.42. The molecule has 2 heterocycles. The zero-order valence-electron chi connectivity index (χ0n) is 16.3. The summed E-state index contributed by atoms with van der Waals surface area (Å²) in [4.78, 5) is 36.4. The standard InChI is InChI=1S/C20H22N4O4/c1-13-18(14(2)24(21-13)11-15-8-6-5-7-9-15)19(26)28-12-16-10-17(25)23(4)20(27)22(16)3/h5-10H,11-12H2,1-4H3. The fourth-order valence-electron chi connectivity index (χ4n) is 3.03. The molecule has 146 valence electrons. The molecule has 0 radical (unpaired) electrons. The van der Waals surface area contributed by atoms with Crippen LogP contribution in [0.4, 0.5) is 0 Å². The van der Waals surface area contributed by atoms with Gasteiger partial charge in [-0.3, -0.25) is 18.6 Å². The fraction of sp³-hybridized carbons (Fsp3) is 0.300. The molecule has 8 nitrogen and oxygen atoms in total. The number of nitrogens with zero attached hydrogens (tertiary/aromatic N) is 4. The highest BCUT2D eigenvalue weighted by molar-refractivity contribution is 5.91. The third-order valence-corrected chi connectivity index (χ3v) is 4.74. The number of ether oxygens (including phenoxy) is 1. The monoisotopic (exact) mass is 382 g/mol. The van der Waals surface area contributed by atoms with E-state index in [1.165, 1.54) is 24.7 Å². The van der Waals surface area contributed by atoms with Crippen molar-refractivity contribution in [3.8, 4) is 0 Å². The minimum atomic E-state index is -0.539. The number of carbonyl (C=O) groups is 1. The van der Waals surface area contributed by atoms with Crippen molar-refractivity contribution >= 4 is 5.97 Å². The molecule has 28 heavy (non-hydrogen) atoms. The summed E-state index contributed by atoms with van der Waals surface area (Å²) in [5, 5.41) is 4.45. The van der Waals surface area contributed by atoms with Gasteiger partial charge in [0.05, 0.1) is 23.6 Å². The highest BCUT2D eigenvalue weighted by Gasteiger charge is 2.21. The molecule has 3 rings (SSSR count). The number of benzene rings is 1. The van der Waals surface area contributed by atoms with Crippen molar-refractivity contribution in [1.82, 2.24) is 18.9 Å². The smallest absolute Gasteiger partial charge is 0.342 e. The van der Waals surface area contributed by atoms with Gasteiger partial charge in [0.1, 0.15) is 12.2 Å². The van der Waals surface area contributed by atoms with Crippen molar-refractivity contribution in [3.63, 3.8) is 0 Å². The number of carbonyl (C=O) groups excluding carboxylic acids is 1. The van der Waals surface area contributed by atoms with Gasteiger partial charge in [-0.1, -0.05) is 30.3 Å². The molecular formula is C20H22N4O4. The molecule has 0 aliphatic rings. The summed E-state index contributed by atoms with van der Waals surface area (Å²) in [7, 11) is 2.92. The lowest BCUT2D eigenvalue weighted by molar-refractivity contribution is 0.0461. The molecule has 3 aromatic rings. The topological polar surface area (TPSA) is 88.1 Å². The number of hydrogen-bond acceptors (Lipinski definition) is 5. The third-order valence-electron chi connectivity index (χ3n) is 4.74. The quantitative estimate of drug-likeness (QED) is 0.621. The predicted octanol–water partition coefficient (Wildman–Crippen LogP) is 1.30. The van der Waals surface area contributed by atoms with Crippen LogP contribution in [0.15, 0.2) is 46.0 Å². The lowest BCUT2D eigenvalue weighted by atomic mass is 10.2. The van der Waals surface area contributed by atoms with Gasteiger partial charge in [0.25, 0.3) is 5.56 Å². The SMILES string of the molecule is Cc1nn(Cc2ccccc2)c(C)c1C(=O)OCc1cc(=O)n(C)c(=O)n1C. The highest BCUT2D eigenvalue weighted by Crippen LogP contribution is 2.16. The van der Waals surface area contributed by atoms with Gasteiger partial charge < -0.3 is 4.74 Å². The first kappa shape index (κ1) is 19.3. The molecule has 0 N–H and O–H groups in total. The van der Waals surface area contributed by atoms with E-state index < -0.39 is 17.2 Å². The maximum absolute atomic E-state index is 12.6. The largest absolute Gasteiger partial charge is 0.456 e. The van der Waals surface area contributed by atoms with Crippen LogP contribution in [-0.2, 0) is 32.0 Å². The molecule has 8 heteroatoms. The molecule has 0 fully saturated rings. The second-order valence-electron chi connectivity index (χ2n) is 6.64. The summed E-state index contributed by atoms with van der Waals surface area (Å²) in [6.07, 6.45) is 0. The van der Waals surface area contributed by atoms with E-state index in [4.69, 9.17) is 4.74 Å². The molecule has 1 aromatic carbocycles. The van der Waals surface area contributed by atoms with Gasteiger partial charge in [0.15, 0.2) is 0 Å². The van der Waals surface area contributed by atoms with E-state index >= 15 is 0 Å². The maximum atomic E-state index is 12.6. The zero-order chi connectivity index (χ0) is 20.4. The Labute approximate surface area is 161 Å². The molecule has 2 aromatic heterocycles. The molecule has 0 aliphatic heterocycles. The highest BCUT2D eigenvalue weighted by atomic mass is 16.5. The summed E-state index contributed by atoms with van der Waals surface area (Å²) in [5.74, 6) is -0.539. The van der Waals surface area contributed by atoms with Gasteiger partial charge in [-0.15, -0.1) is 0 Å². The number of aryl methyl sites for hydroxylation is 1. The van der Waals surface area contributed by atoms with E-state index in [0.29, 0.717) is 29.2 Å². The Balaban J connectivity index is 1.80.